The summed E-state index contributed by atoms with van der Waals surface area (Å²) >= 11 is 0. The van der Waals surface area contributed by atoms with E-state index in [2.05, 4.69) is 5.32 Å². The molecule has 0 aliphatic carbocycles. The van der Waals surface area contributed by atoms with Gasteiger partial charge in [0.1, 0.15) is 12.4 Å². The molecule has 1 N–H and O–H groups in total. The summed E-state index contributed by atoms with van der Waals surface area (Å²) in [6, 6.07) is 7.85. The molecule has 4 nitrogen and oxygen atoms in total. The Morgan fingerprint density at radius 2 is 2.05 bits per heavy atom. The van der Waals surface area contributed by atoms with Gasteiger partial charge in [-0.05, 0) is 44.5 Å². The molecule has 0 radical (unpaired) electrons. The number of para-hydroxylation sites is 1. The Balaban J connectivity index is 0.00000176. The molecular formula is C17H23ClN2O2. The van der Waals surface area contributed by atoms with Gasteiger partial charge in [-0.15, -0.1) is 12.4 Å². The first-order chi connectivity index (χ1) is 10.3. The van der Waals surface area contributed by atoms with Gasteiger partial charge < -0.3 is 15.0 Å². The number of likely N-dealkylation sites (tertiary alicyclic amines) is 1. The third-order valence-electron chi connectivity index (χ3n) is 4.30. The van der Waals surface area contributed by atoms with Gasteiger partial charge in [-0.3, -0.25) is 4.79 Å². The molecular weight excluding hydrogens is 300 g/mol. The Morgan fingerprint density at radius 3 is 2.77 bits per heavy atom. The first-order valence-corrected chi connectivity index (χ1v) is 7.64. The van der Waals surface area contributed by atoms with Crippen LogP contribution in [0, 0.1) is 5.92 Å². The summed E-state index contributed by atoms with van der Waals surface area (Å²) in [6.07, 6.45) is 4.13. The summed E-state index contributed by atoms with van der Waals surface area (Å²) in [7, 11) is 1.99. The van der Waals surface area contributed by atoms with Crippen molar-refractivity contribution in [2.45, 2.75) is 12.8 Å². The fourth-order valence-corrected chi connectivity index (χ4v) is 3.07. The van der Waals surface area contributed by atoms with Gasteiger partial charge in [-0.25, -0.2) is 0 Å². The average molecular weight is 323 g/mol. The number of rotatable bonds is 3. The summed E-state index contributed by atoms with van der Waals surface area (Å²) in [5.41, 5.74) is 1.76. The smallest absolute Gasteiger partial charge is 0.253 e. The van der Waals surface area contributed by atoms with Crippen LogP contribution in [0.2, 0.25) is 0 Å². The average Bonchev–Trinajstić information content (AvgIpc) is 2.55. The van der Waals surface area contributed by atoms with E-state index in [0.717, 1.165) is 49.4 Å². The van der Waals surface area contributed by atoms with Crippen molar-refractivity contribution in [3.8, 4) is 5.75 Å². The van der Waals surface area contributed by atoms with Gasteiger partial charge in [0, 0.05) is 18.7 Å². The zero-order valence-electron chi connectivity index (χ0n) is 12.9. The first-order valence-electron chi connectivity index (χ1n) is 7.64. The van der Waals surface area contributed by atoms with Crippen molar-refractivity contribution in [1.29, 1.82) is 0 Å². The van der Waals surface area contributed by atoms with Gasteiger partial charge in [0.05, 0.1) is 5.57 Å². The van der Waals surface area contributed by atoms with Crippen LogP contribution in [0.1, 0.15) is 18.4 Å². The molecule has 2 aliphatic rings. The fourth-order valence-electron chi connectivity index (χ4n) is 3.07. The molecule has 1 aromatic rings. The minimum absolute atomic E-state index is 0. The molecule has 2 heterocycles. The third-order valence-corrected chi connectivity index (χ3v) is 4.30. The summed E-state index contributed by atoms with van der Waals surface area (Å²) < 4.78 is 5.68. The van der Waals surface area contributed by atoms with E-state index in [1.165, 1.54) is 0 Å². The van der Waals surface area contributed by atoms with Crippen molar-refractivity contribution in [3.05, 3.63) is 35.4 Å². The number of amides is 1. The van der Waals surface area contributed by atoms with Crippen LogP contribution >= 0.6 is 12.4 Å². The van der Waals surface area contributed by atoms with Crippen LogP contribution in [0.3, 0.4) is 0 Å². The number of nitrogens with one attached hydrogen (secondary N) is 1. The van der Waals surface area contributed by atoms with Crippen LogP contribution in [0.15, 0.2) is 29.8 Å². The molecule has 1 amide bonds. The van der Waals surface area contributed by atoms with Crippen LogP contribution in [-0.2, 0) is 4.79 Å². The van der Waals surface area contributed by atoms with E-state index in [9.17, 15) is 4.79 Å². The fraction of sp³-hybridized carbons (Fsp3) is 0.471. The lowest BCUT2D eigenvalue weighted by Gasteiger charge is -2.33. The third kappa shape index (κ3) is 3.62. The topological polar surface area (TPSA) is 41.6 Å². The maximum absolute atomic E-state index is 12.6. The highest BCUT2D eigenvalue weighted by Crippen LogP contribution is 2.27. The van der Waals surface area contributed by atoms with Crippen LogP contribution in [0.25, 0.3) is 6.08 Å². The molecule has 1 aromatic carbocycles. The molecule has 1 fully saturated rings. The van der Waals surface area contributed by atoms with E-state index >= 15 is 0 Å². The second-order valence-corrected chi connectivity index (χ2v) is 5.79. The number of hydrogen-bond donors (Lipinski definition) is 1. The van der Waals surface area contributed by atoms with Crippen LogP contribution in [0.4, 0.5) is 0 Å². The Labute approximate surface area is 137 Å². The Kier molecular flexibility index (Phi) is 5.86. The normalized spacial score (nSPS) is 17.9. The SMILES string of the molecule is CNCC1CCN(C(=O)C2=Cc3ccccc3OC2)CC1.Cl. The van der Waals surface area contributed by atoms with E-state index in [-0.39, 0.29) is 18.3 Å². The quantitative estimate of drug-likeness (QED) is 0.928. The molecule has 0 atom stereocenters. The molecule has 120 valence electrons. The largest absolute Gasteiger partial charge is 0.488 e. The number of carbonyl (C=O) groups excluding carboxylic acids is 1. The van der Waals surface area contributed by atoms with E-state index < -0.39 is 0 Å². The monoisotopic (exact) mass is 322 g/mol. The van der Waals surface area contributed by atoms with E-state index in [1.54, 1.807) is 0 Å². The minimum atomic E-state index is 0. The lowest BCUT2D eigenvalue weighted by Crippen LogP contribution is -2.42. The number of carbonyl (C=O) groups is 1. The number of fused-ring (bicyclic) bond motifs is 1. The van der Waals surface area contributed by atoms with Crippen molar-refractivity contribution < 1.29 is 9.53 Å². The van der Waals surface area contributed by atoms with Crippen molar-refractivity contribution in [1.82, 2.24) is 10.2 Å². The summed E-state index contributed by atoms with van der Waals surface area (Å²) in [5.74, 6) is 1.69. The van der Waals surface area contributed by atoms with Gasteiger partial charge in [0.25, 0.3) is 5.91 Å². The Hall–Kier alpha value is -1.52. The highest BCUT2D eigenvalue weighted by atomic mass is 35.5. The lowest BCUT2D eigenvalue weighted by atomic mass is 9.96. The lowest BCUT2D eigenvalue weighted by molar-refractivity contribution is -0.128. The van der Waals surface area contributed by atoms with Gasteiger partial charge in [0.2, 0.25) is 0 Å². The van der Waals surface area contributed by atoms with Gasteiger partial charge in [-0.1, -0.05) is 18.2 Å². The molecule has 0 saturated carbocycles. The molecule has 22 heavy (non-hydrogen) atoms. The molecule has 2 aliphatic heterocycles. The van der Waals surface area contributed by atoms with Crippen molar-refractivity contribution in [2.24, 2.45) is 5.92 Å². The highest BCUT2D eigenvalue weighted by Gasteiger charge is 2.26. The Bertz CT molecular complexity index is 551. The molecule has 0 aromatic heterocycles. The molecule has 0 spiro atoms. The van der Waals surface area contributed by atoms with Crippen LogP contribution < -0.4 is 10.1 Å². The molecule has 3 rings (SSSR count). The zero-order chi connectivity index (χ0) is 14.7. The maximum Gasteiger partial charge on any atom is 0.253 e. The number of nitrogens with zero attached hydrogens (tertiary/aromatic N) is 1. The predicted molar refractivity (Wildman–Crippen MR) is 90.4 cm³/mol. The maximum atomic E-state index is 12.6. The van der Waals surface area contributed by atoms with E-state index in [0.29, 0.717) is 12.5 Å². The molecule has 1 saturated heterocycles. The van der Waals surface area contributed by atoms with Crippen LogP contribution in [0.5, 0.6) is 5.75 Å². The van der Waals surface area contributed by atoms with Gasteiger partial charge in [0.15, 0.2) is 0 Å². The number of ether oxygens (including phenoxy) is 1. The van der Waals surface area contributed by atoms with E-state index in [4.69, 9.17) is 4.74 Å². The first kappa shape index (κ1) is 16.8. The second-order valence-electron chi connectivity index (χ2n) is 5.79. The van der Waals surface area contributed by atoms with Crippen molar-refractivity contribution >= 4 is 24.4 Å². The summed E-state index contributed by atoms with van der Waals surface area (Å²) in [4.78, 5) is 14.6. The molecule has 0 bridgehead atoms. The summed E-state index contributed by atoms with van der Waals surface area (Å²) in [6.45, 7) is 3.13. The van der Waals surface area contributed by atoms with E-state index in [1.807, 2.05) is 42.3 Å². The van der Waals surface area contributed by atoms with Crippen molar-refractivity contribution in [2.75, 3.05) is 33.3 Å². The number of benzene rings is 1. The highest BCUT2D eigenvalue weighted by molar-refractivity contribution is 5.99. The molecule has 0 unspecified atom stereocenters. The van der Waals surface area contributed by atoms with Gasteiger partial charge in [-0.2, -0.15) is 0 Å². The standard InChI is InChI=1S/C17H22N2O2.ClH/c1-18-11-13-6-8-19(9-7-13)17(20)15-10-14-4-2-3-5-16(14)21-12-15;/h2-5,10,13,18H,6-9,11-12H2,1H3;1H. The number of hydrogen-bond acceptors (Lipinski definition) is 3. The van der Waals surface area contributed by atoms with Crippen molar-refractivity contribution in [3.63, 3.8) is 0 Å². The predicted octanol–water partition coefficient (Wildman–Crippen LogP) is 2.34. The number of piperidine rings is 1. The minimum Gasteiger partial charge on any atom is -0.488 e. The van der Waals surface area contributed by atoms with Crippen LogP contribution in [-0.4, -0.2) is 44.1 Å². The number of halogens is 1. The Morgan fingerprint density at radius 1 is 1.32 bits per heavy atom. The second kappa shape index (κ2) is 7.65. The summed E-state index contributed by atoms with van der Waals surface area (Å²) in [5, 5.41) is 3.22. The zero-order valence-corrected chi connectivity index (χ0v) is 13.7. The van der Waals surface area contributed by atoms with Gasteiger partial charge >= 0.3 is 0 Å². The molecule has 5 heteroatoms.